The van der Waals surface area contributed by atoms with Gasteiger partial charge in [0.2, 0.25) is 5.91 Å². The van der Waals surface area contributed by atoms with Crippen molar-refractivity contribution < 1.29 is 9.59 Å². The Morgan fingerprint density at radius 1 is 0.906 bits per heavy atom. The van der Waals surface area contributed by atoms with Gasteiger partial charge in [-0.25, -0.2) is 0 Å². The van der Waals surface area contributed by atoms with E-state index in [4.69, 9.17) is 0 Å². The number of nitrogens with zero attached hydrogens (tertiary/aromatic N) is 3. The smallest absolute Gasteiger partial charge is 0.279 e. The molecule has 160 valence electrons. The number of anilines is 1. The molecule has 3 aromatic carbocycles. The van der Waals surface area contributed by atoms with Crippen molar-refractivity contribution in [2.24, 2.45) is 0 Å². The number of hydrogen-bond acceptors (Lipinski definition) is 4. The summed E-state index contributed by atoms with van der Waals surface area (Å²) in [6.07, 6.45) is 0. The van der Waals surface area contributed by atoms with Gasteiger partial charge in [0, 0.05) is 31.6 Å². The first-order valence-electron chi connectivity index (χ1n) is 10.1. The fourth-order valence-corrected chi connectivity index (χ4v) is 3.43. The lowest BCUT2D eigenvalue weighted by molar-refractivity contribution is -0.128. The summed E-state index contributed by atoms with van der Waals surface area (Å²) >= 11 is 0. The molecule has 1 N–H and O–H groups in total. The molecule has 7 heteroatoms. The van der Waals surface area contributed by atoms with Crippen molar-refractivity contribution in [2.45, 2.75) is 13.5 Å². The van der Waals surface area contributed by atoms with Gasteiger partial charge in [0.15, 0.2) is 5.69 Å². The van der Waals surface area contributed by atoms with Gasteiger partial charge in [0.05, 0.1) is 11.1 Å². The number of carbonyl (C=O) groups is 2. The van der Waals surface area contributed by atoms with Crippen LogP contribution in [0.1, 0.15) is 23.0 Å². The molecule has 32 heavy (non-hydrogen) atoms. The monoisotopic (exact) mass is 426 g/mol. The molecule has 0 radical (unpaired) electrons. The van der Waals surface area contributed by atoms with E-state index in [1.807, 2.05) is 24.3 Å². The molecule has 0 fully saturated rings. The topological polar surface area (TPSA) is 84.3 Å². The third kappa shape index (κ3) is 4.13. The number of hydrogen-bond donors (Lipinski definition) is 1. The Balaban J connectivity index is 1.78. The molecular formula is C25H22N4O3. The molecule has 0 atom stereocenters. The van der Waals surface area contributed by atoms with Gasteiger partial charge in [-0.05, 0) is 29.8 Å². The van der Waals surface area contributed by atoms with Crippen molar-refractivity contribution in [3.63, 3.8) is 0 Å². The van der Waals surface area contributed by atoms with E-state index >= 15 is 0 Å². The second-order valence-electron chi connectivity index (χ2n) is 7.43. The molecule has 0 unspecified atom stereocenters. The maximum atomic E-state index is 13.3. The number of rotatable bonds is 5. The lowest BCUT2D eigenvalue weighted by Crippen LogP contribution is -2.27. The summed E-state index contributed by atoms with van der Waals surface area (Å²) in [6.45, 7) is 1.84. The molecule has 7 nitrogen and oxygen atoms in total. The second kappa shape index (κ2) is 8.85. The Morgan fingerprint density at radius 3 is 2.25 bits per heavy atom. The van der Waals surface area contributed by atoms with E-state index in [0.29, 0.717) is 28.7 Å². The molecule has 4 aromatic rings. The lowest BCUT2D eigenvalue weighted by atomic mass is 10.1. The van der Waals surface area contributed by atoms with Crippen LogP contribution in [0.25, 0.3) is 16.5 Å². The Kier molecular flexibility index (Phi) is 5.81. The first-order chi connectivity index (χ1) is 15.5. The van der Waals surface area contributed by atoms with Crippen molar-refractivity contribution in [2.75, 3.05) is 12.4 Å². The summed E-state index contributed by atoms with van der Waals surface area (Å²) in [5, 5.41) is 8.20. The predicted octanol–water partition coefficient (Wildman–Crippen LogP) is 3.62. The largest absolute Gasteiger partial charge is 0.342 e. The maximum absolute atomic E-state index is 13.3. The van der Waals surface area contributed by atoms with E-state index < -0.39 is 5.91 Å². The van der Waals surface area contributed by atoms with Crippen LogP contribution in [0.2, 0.25) is 0 Å². The number of aromatic nitrogens is 2. The molecule has 1 heterocycles. The Hall–Kier alpha value is -4.26. The zero-order valence-electron chi connectivity index (χ0n) is 17.8. The van der Waals surface area contributed by atoms with Crippen molar-refractivity contribution in [3.05, 3.63) is 100 Å². The average Bonchev–Trinajstić information content (AvgIpc) is 2.81. The molecule has 4 rings (SSSR count). The van der Waals surface area contributed by atoms with Gasteiger partial charge < -0.3 is 10.2 Å². The number of nitrogens with one attached hydrogen (secondary N) is 1. The van der Waals surface area contributed by atoms with E-state index in [9.17, 15) is 14.4 Å². The predicted molar refractivity (Wildman–Crippen MR) is 124 cm³/mol. The van der Waals surface area contributed by atoms with Crippen molar-refractivity contribution in [3.8, 4) is 5.69 Å². The number of amides is 2. The van der Waals surface area contributed by atoms with Gasteiger partial charge in [-0.3, -0.25) is 14.4 Å². The van der Waals surface area contributed by atoms with Gasteiger partial charge in [0.1, 0.15) is 0 Å². The molecule has 0 saturated heterocycles. The zero-order valence-corrected chi connectivity index (χ0v) is 17.8. The summed E-state index contributed by atoms with van der Waals surface area (Å²) in [4.78, 5) is 39.6. The van der Waals surface area contributed by atoms with Crippen molar-refractivity contribution in [1.82, 2.24) is 14.7 Å². The molecule has 0 aliphatic rings. The van der Waals surface area contributed by atoms with Crippen LogP contribution in [0.15, 0.2) is 83.7 Å². The highest BCUT2D eigenvalue weighted by molar-refractivity contribution is 6.11. The Bertz CT molecular complexity index is 1360. The van der Waals surface area contributed by atoms with Crippen LogP contribution < -0.4 is 10.9 Å². The van der Waals surface area contributed by atoms with Gasteiger partial charge in [0.25, 0.3) is 11.5 Å². The van der Waals surface area contributed by atoms with Gasteiger partial charge in [-0.2, -0.15) is 9.78 Å². The van der Waals surface area contributed by atoms with Crippen LogP contribution in [-0.2, 0) is 11.3 Å². The average molecular weight is 426 g/mol. The van der Waals surface area contributed by atoms with E-state index in [2.05, 4.69) is 10.4 Å². The van der Waals surface area contributed by atoms with Crippen LogP contribution in [0.4, 0.5) is 5.69 Å². The number of fused-ring (bicyclic) bond motifs is 1. The summed E-state index contributed by atoms with van der Waals surface area (Å²) in [7, 11) is 1.70. The SMILES string of the molecule is CC(=O)N(C)Cc1ccccc1NC(=O)c1nn(-c2ccccc2)c(=O)c2ccccc12. The van der Waals surface area contributed by atoms with Gasteiger partial charge in [-0.15, -0.1) is 0 Å². The molecule has 0 saturated carbocycles. The van der Waals surface area contributed by atoms with Gasteiger partial charge >= 0.3 is 0 Å². The van der Waals surface area contributed by atoms with Crippen LogP contribution in [0, 0.1) is 0 Å². The van der Waals surface area contributed by atoms with E-state index in [0.717, 1.165) is 5.56 Å². The fraction of sp³-hybridized carbons (Fsp3) is 0.120. The highest BCUT2D eigenvalue weighted by Gasteiger charge is 2.19. The summed E-state index contributed by atoms with van der Waals surface area (Å²) < 4.78 is 1.24. The third-order valence-electron chi connectivity index (χ3n) is 5.23. The van der Waals surface area contributed by atoms with Crippen LogP contribution >= 0.6 is 0 Å². The quantitative estimate of drug-likeness (QED) is 0.528. The second-order valence-corrected chi connectivity index (χ2v) is 7.43. The molecular weight excluding hydrogens is 404 g/mol. The lowest BCUT2D eigenvalue weighted by Gasteiger charge is -2.18. The fourth-order valence-electron chi connectivity index (χ4n) is 3.43. The minimum atomic E-state index is -0.441. The Morgan fingerprint density at radius 2 is 1.53 bits per heavy atom. The van der Waals surface area contributed by atoms with Crippen molar-refractivity contribution in [1.29, 1.82) is 0 Å². The molecule has 0 aliphatic heterocycles. The van der Waals surface area contributed by atoms with E-state index in [-0.39, 0.29) is 17.2 Å². The van der Waals surface area contributed by atoms with Crippen LogP contribution in [0.5, 0.6) is 0 Å². The summed E-state index contributed by atoms with van der Waals surface area (Å²) in [5.41, 5.74) is 1.78. The van der Waals surface area contributed by atoms with E-state index in [1.165, 1.54) is 11.6 Å². The molecule has 0 aliphatic carbocycles. The van der Waals surface area contributed by atoms with E-state index in [1.54, 1.807) is 66.5 Å². The summed E-state index contributed by atoms with van der Waals surface area (Å²) in [5.74, 6) is -0.516. The normalized spacial score (nSPS) is 10.7. The third-order valence-corrected chi connectivity index (χ3v) is 5.23. The standard InChI is InChI=1S/C25H22N4O3/c1-17(30)28(2)16-18-10-6-9-15-22(18)26-24(31)23-20-13-7-8-14-21(20)25(32)29(27-23)19-11-4-3-5-12-19/h3-15H,16H2,1-2H3,(H,26,31). The van der Waals surface area contributed by atoms with Gasteiger partial charge in [-0.1, -0.05) is 54.6 Å². The van der Waals surface area contributed by atoms with Crippen LogP contribution in [0.3, 0.4) is 0 Å². The highest BCUT2D eigenvalue weighted by Crippen LogP contribution is 2.20. The zero-order chi connectivity index (χ0) is 22.7. The minimum absolute atomic E-state index is 0.0753. The minimum Gasteiger partial charge on any atom is -0.342 e. The van der Waals surface area contributed by atoms with Crippen LogP contribution in [-0.4, -0.2) is 33.5 Å². The number of carbonyl (C=O) groups excluding carboxylic acids is 2. The maximum Gasteiger partial charge on any atom is 0.279 e. The molecule has 1 aromatic heterocycles. The highest BCUT2D eigenvalue weighted by atomic mass is 16.2. The van der Waals surface area contributed by atoms with Crippen molar-refractivity contribution >= 4 is 28.3 Å². The molecule has 2 amide bonds. The Labute approximate surface area is 184 Å². The first-order valence-corrected chi connectivity index (χ1v) is 10.1. The molecule has 0 bridgehead atoms. The number of para-hydroxylation sites is 2. The first kappa shape index (κ1) is 21.0. The number of benzene rings is 3. The molecule has 0 spiro atoms. The summed E-state index contributed by atoms with van der Waals surface area (Å²) in [6, 6.07) is 23.2.